The Morgan fingerprint density at radius 3 is 2.67 bits per heavy atom. The van der Waals surface area contributed by atoms with Crippen LogP contribution < -0.4 is 5.32 Å². The molecule has 0 bridgehead atoms. The summed E-state index contributed by atoms with van der Waals surface area (Å²) in [4.78, 5) is 0. The van der Waals surface area contributed by atoms with Gasteiger partial charge in [0.05, 0.1) is 0 Å². The molecule has 0 atom stereocenters. The first-order valence-electron chi connectivity index (χ1n) is 7.54. The van der Waals surface area contributed by atoms with Crippen molar-refractivity contribution in [2.45, 2.75) is 37.0 Å². The van der Waals surface area contributed by atoms with E-state index in [-0.39, 0.29) is 0 Å². The first-order valence-corrected chi connectivity index (χ1v) is 8.76. The third-order valence-corrected chi connectivity index (χ3v) is 5.77. The molecule has 1 aliphatic rings. The van der Waals surface area contributed by atoms with Crippen LogP contribution in [0.25, 0.3) is 11.3 Å². The van der Waals surface area contributed by atoms with E-state index in [1.807, 2.05) is 30.0 Å². The Hall–Kier alpha value is -1.33. The lowest BCUT2D eigenvalue weighted by Crippen LogP contribution is -2.34. The molecule has 5 heteroatoms. The fourth-order valence-corrected chi connectivity index (χ4v) is 4.03. The van der Waals surface area contributed by atoms with Crippen molar-refractivity contribution in [1.29, 1.82) is 0 Å². The molecule has 0 amide bonds. The van der Waals surface area contributed by atoms with Crippen LogP contribution >= 0.6 is 11.8 Å². The number of rotatable bonds is 6. The minimum Gasteiger partial charge on any atom is -0.310 e. The predicted molar refractivity (Wildman–Crippen MR) is 88.2 cm³/mol. The Kier molecular flexibility index (Phi) is 4.60. The van der Waals surface area contributed by atoms with Crippen molar-refractivity contribution < 1.29 is 0 Å². The number of hydrogen-bond donors (Lipinski definition) is 2. The second-order valence-corrected chi connectivity index (χ2v) is 6.96. The molecule has 1 saturated carbocycles. The topological polar surface area (TPSA) is 53.6 Å². The molecule has 2 aromatic rings. The third-order valence-electron chi connectivity index (χ3n) is 4.35. The number of nitrogens with one attached hydrogen (secondary N) is 2. The first kappa shape index (κ1) is 14.6. The molecule has 4 nitrogen and oxygen atoms in total. The van der Waals surface area contributed by atoms with E-state index >= 15 is 0 Å². The van der Waals surface area contributed by atoms with Gasteiger partial charge in [-0.05, 0) is 19.1 Å². The second-order valence-electron chi connectivity index (χ2n) is 5.68. The number of nitrogens with zero attached hydrogens (tertiary/aromatic N) is 2. The van der Waals surface area contributed by atoms with E-state index in [1.54, 1.807) is 0 Å². The standard InChI is InChI=1S/C16H22N4S/c1-21-16(9-5-6-10-16)12-17-11-14-15(19-20-18-14)13-7-3-2-4-8-13/h2-4,7-8,17H,5-6,9-12H2,1H3,(H,18,19,20). The number of aromatic nitrogens is 3. The minimum absolute atomic E-state index is 0.427. The van der Waals surface area contributed by atoms with Crippen LogP contribution in [0.3, 0.4) is 0 Å². The molecular weight excluding hydrogens is 280 g/mol. The van der Waals surface area contributed by atoms with Crippen LogP contribution in [0.1, 0.15) is 31.4 Å². The molecule has 0 unspecified atom stereocenters. The van der Waals surface area contributed by atoms with Crippen molar-refractivity contribution in [2.24, 2.45) is 0 Å². The Bertz CT molecular complexity index is 561. The van der Waals surface area contributed by atoms with Gasteiger partial charge in [-0.2, -0.15) is 27.2 Å². The van der Waals surface area contributed by atoms with Gasteiger partial charge in [-0.15, -0.1) is 0 Å². The lowest BCUT2D eigenvalue weighted by Gasteiger charge is -2.26. The molecule has 112 valence electrons. The van der Waals surface area contributed by atoms with Gasteiger partial charge in [-0.25, -0.2) is 0 Å². The number of benzene rings is 1. The molecule has 1 aliphatic carbocycles. The summed E-state index contributed by atoms with van der Waals surface area (Å²) in [5.74, 6) is 0. The first-order chi connectivity index (χ1) is 10.3. The molecule has 1 fully saturated rings. The van der Waals surface area contributed by atoms with Gasteiger partial charge in [-0.1, -0.05) is 43.2 Å². The van der Waals surface area contributed by atoms with Crippen molar-refractivity contribution in [2.75, 3.05) is 12.8 Å². The molecule has 0 spiro atoms. The number of hydrogen-bond acceptors (Lipinski definition) is 4. The van der Waals surface area contributed by atoms with Crippen molar-refractivity contribution in [3.05, 3.63) is 36.0 Å². The molecule has 0 saturated heterocycles. The van der Waals surface area contributed by atoms with Crippen LogP contribution in [0.5, 0.6) is 0 Å². The zero-order valence-corrected chi connectivity index (χ0v) is 13.2. The van der Waals surface area contributed by atoms with Gasteiger partial charge in [0.25, 0.3) is 0 Å². The van der Waals surface area contributed by atoms with Crippen LogP contribution in [-0.4, -0.2) is 33.0 Å². The van der Waals surface area contributed by atoms with Crippen molar-refractivity contribution >= 4 is 11.8 Å². The lowest BCUT2D eigenvalue weighted by molar-refractivity contribution is 0.530. The molecule has 2 N–H and O–H groups in total. The second kappa shape index (κ2) is 6.62. The van der Waals surface area contributed by atoms with E-state index in [9.17, 15) is 0 Å². The zero-order chi connectivity index (χ0) is 14.5. The molecular formula is C16H22N4S. The van der Waals surface area contributed by atoms with Gasteiger partial charge >= 0.3 is 0 Å². The van der Waals surface area contributed by atoms with Crippen molar-refractivity contribution in [3.8, 4) is 11.3 Å². The van der Waals surface area contributed by atoms with E-state index in [0.29, 0.717) is 4.75 Å². The monoisotopic (exact) mass is 302 g/mol. The van der Waals surface area contributed by atoms with Crippen LogP contribution in [0, 0.1) is 0 Å². The van der Waals surface area contributed by atoms with Crippen LogP contribution in [-0.2, 0) is 6.54 Å². The van der Waals surface area contributed by atoms with Gasteiger partial charge in [0, 0.05) is 23.4 Å². The maximum atomic E-state index is 4.30. The van der Waals surface area contributed by atoms with E-state index in [1.165, 1.54) is 25.7 Å². The maximum Gasteiger partial charge on any atom is 0.117 e. The SMILES string of the molecule is CSC1(CNCc2n[nH]nc2-c2ccccc2)CCCC1. The van der Waals surface area contributed by atoms with Gasteiger partial charge < -0.3 is 5.32 Å². The summed E-state index contributed by atoms with van der Waals surface area (Å²) in [7, 11) is 0. The predicted octanol–water partition coefficient (Wildman–Crippen LogP) is 3.24. The van der Waals surface area contributed by atoms with Gasteiger partial charge in [0.2, 0.25) is 0 Å². The highest BCUT2D eigenvalue weighted by Gasteiger charge is 2.32. The Morgan fingerprint density at radius 1 is 1.19 bits per heavy atom. The summed E-state index contributed by atoms with van der Waals surface area (Å²) >= 11 is 2.01. The fraction of sp³-hybridized carbons (Fsp3) is 0.500. The summed E-state index contributed by atoms with van der Waals surface area (Å²) < 4.78 is 0.427. The molecule has 0 radical (unpaired) electrons. The molecule has 21 heavy (non-hydrogen) atoms. The normalized spacial score (nSPS) is 17.2. The Morgan fingerprint density at radius 2 is 1.95 bits per heavy atom. The van der Waals surface area contributed by atoms with Crippen molar-refractivity contribution in [1.82, 2.24) is 20.7 Å². The highest BCUT2D eigenvalue weighted by molar-refractivity contribution is 8.00. The molecule has 1 aromatic heterocycles. The summed E-state index contributed by atoms with van der Waals surface area (Å²) in [6.45, 7) is 1.82. The summed E-state index contributed by atoms with van der Waals surface area (Å²) in [5.41, 5.74) is 3.06. The van der Waals surface area contributed by atoms with Gasteiger partial charge in [-0.3, -0.25) is 0 Å². The quantitative estimate of drug-likeness (QED) is 0.860. The van der Waals surface area contributed by atoms with Crippen LogP contribution in [0.15, 0.2) is 30.3 Å². The lowest BCUT2D eigenvalue weighted by atomic mass is 10.1. The highest BCUT2D eigenvalue weighted by Crippen LogP contribution is 2.39. The summed E-state index contributed by atoms with van der Waals surface area (Å²) in [5, 5.41) is 14.9. The summed E-state index contributed by atoms with van der Waals surface area (Å²) in [6.07, 6.45) is 7.61. The van der Waals surface area contributed by atoms with Gasteiger partial charge in [0.1, 0.15) is 11.4 Å². The molecule has 1 aromatic carbocycles. The average molecular weight is 302 g/mol. The summed E-state index contributed by atoms with van der Waals surface area (Å²) in [6, 6.07) is 10.2. The fourth-order valence-electron chi connectivity index (χ4n) is 3.08. The smallest absolute Gasteiger partial charge is 0.117 e. The zero-order valence-electron chi connectivity index (χ0n) is 12.4. The minimum atomic E-state index is 0.427. The van der Waals surface area contributed by atoms with Crippen molar-refractivity contribution in [3.63, 3.8) is 0 Å². The number of thioether (sulfide) groups is 1. The highest BCUT2D eigenvalue weighted by atomic mass is 32.2. The maximum absolute atomic E-state index is 4.30. The van der Waals surface area contributed by atoms with Gasteiger partial charge in [0.15, 0.2) is 0 Å². The van der Waals surface area contributed by atoms with E-state index < -0.39 is 0 Å². The Labute approximate surface area is 130 Å². The van der Waals surface area contributed by atoms with Crippen LogP contribution in [0.4, 0.5) is 0 Å². The van der Waals surface area contributed by atoms with E-state index in [0.717, 1.165) is 30.0 Å². The molecule has 0 aliphatic heterocycles. The number of aromatic amines is 1. The van der Waals surface area contributed by atoms with E-state index in [2.05, 4.69) is 39.1 Å². The number of H-pyrrole nitrogens is 1. The Balaban J connectivity index is 1.63. The molecule has 1 heterocycles. The molecule has 3 rings (SSSR count). The largest absolute Gasteiger partial charge is 0.310 e. The van der Waals surface area contributed by atoms with E-state index in [4.69, 9.17) is 0 Å². The van der Waals surface area contributed by atoms with Crippen LogP contribution in [0.2, 0.25) is 0 Å². The third kappa shape index (κ3) is 3.30. The average Bonchev–Trinajstić information content (AvgIpc) is 3.18.